The van der Waals surface area contributed by atoms with Crippen LogP contribution in [0.3, 0.4) is 0 Å². The zero-order chi connectivity index (χ0) is 30.1. The van der Waals surface area contributed by atoms with Gasteiger partial charge in [0, 0.05) is 13.3 Å². The number of aliphatic hydroxyl groups excluding tert-OH is 5. The van der Waals surface area contributed by atoms with Crippen LogP contribution in [-0.4, -0.2) is 98.3 Å². The largest absolute Gasteiger partial charge is 0.472 e. The van der Waals surface area contributed by atoms with Gasteiger partial charge in [0.25, 0.3) is 0 Å². The second-order valence-corrected chi connectivity index (χ2v) is 11.7. The molecule has 0 aromatic carbocycles. The van der Waals surface area contributed by atoms with E-state index < -0.39 is 75.7 Å². The number of rotatable bonds is 21. The number of esters is 2. The van der Waals surface area contributed by atoms with Crippen LogP contribution in [0.5, 0.6) is 0 Å². The number of hydrogen-bond donors (Lipinski definition) is 6. The predicted molar refractivity (Wildman–Crippen MR) is 143 cm³/mol. The van der Waals surface area contributed by atoms with Crippen LogP contribution in [0.1, 0.15) is 97.3 Å². The Hall–Kier alpha value is -1.15. The molecular weight excluding hydrogens is 551 g/mol. The molecule has 1 rings (SSSR count). The fourth-order valence-corrected chi connectivity index (χ4v) is 5.37. The number of carbonyl (C=O) groups is 2. The van der Waals surface area contributed by atoms with Crippen molar-refractivity contribution in [2.75, 3.05) is 13.2 Å². The fourth-order valence-electron chi connectivity index (χ4n) is 4.40. The molecule has 6 N–H and O–H groups in total. The molecule has 1 fully saturated rings. The van der Waals surface area contributed by atoms with Gasteiger partial charge >= 0.3 is 19.8 Å². The number of aliphatic hydroxyl groups is 5. The fraction of sp³-hybridized carbons (Fsp3) is 0.923. The van der Waals surface area contributed by atoms with Crippen molar-refractivity contribution in [1.82, 2.24) is 0 Å². The van der Waals surface area contributed by atoms with E-state index in [-0.39, 0.29) is 6.42 Å². The van der Waals surface area contributed by atoms with Gasteiger partial charge in [-0.3, -0.25) is 18.6 Å². The number of ether oxygens (including phenoxy) is 2. The SMILES string of the molecule is CCCCCCCCCCCCCCC(=O)OC[C@H](COP(=O)(O)OC1C(O)C(O)C(O)[C@@H](O)C1O)OC(C)=O. The zero-order valence-corrected chi connectivity index (χ0v) is 24.5. The predicted octanol–water partition coefficient (Wildman–Crippen LogP) is 1.87. The third-order valence-corrected chi connectivity index (χ3v) is 7.73. The lowest BCUT2D eigenvalue weighted by Gasteiger charge is -2.41. The second kappa shape index (κ2) is 19.9. The standard InChI is InChI=1S/C26H49O13P/c1-3-4-5-6-7-8-9-10-11-12-13-14-15-20(28)36-16-19(38-18(2)27)17-37-40(34,35)39-26-24(32)22(30)21(29)23(31)25(26)33/h19,21-26,29-33H,3-17H2,1-2H3,(H,34,35)/t19-,21?,22-,23?,24?,25?,26?/m1/s1. The smallest absolute Gasteiger partial charge is 0.462 e. The van der Waals surface area contributed by atoms with Gasteiger partial charge in [0.1, 0.15) is 43.2 Å². The van der Waals surface area contributed by atoms with Crippen LogP contribution >= 0.6 is 7.82 Å². The zero-order valence-electron chi connectivity index (χ0n) is 23.6. The van der Waals surface area contributed by atoms with Crippen LogP contribution < -0.4 is 0 Å². The summed E-state index contributed by atoms with van der Waals surface area (Å²) in [6.07, 6.45) is 0.848. The number of unbranched alkanes of at least 4 members (excludes halogenated alkanes) is 11. The van der Waals surface area contributed by atoms with Crippen molar-refractivity contribution in [3.05, 3.63) is 0 Å². The lowest BCUT2D eigenvalue weighted by atomic mass is 9.85. The molecule has 1 aliphatic rings. The van der Waals surface area contributed by atoms with E-state index in [1.165, 1.54) is 51.4 Å². The quantitative estimate of drug-likeness (QED) is 0.0632. The van der Waals surface area contributed by atoms with E-state index in [4.69, 9.17) is 18.5 Å². The van der Waals surface area contributed by atoms with Crippen molar-refractivity contribution >= 4 is 19.8 Å². The maximum atomic E-state index is 12.4. The first-order chi connectivity index (χ1) is 18.9. The Morgan fingerprint density at radius 3 is 1.65 bits per heavy atom. The lowest BCUT2D eigenvalue weighted by Crippen LogP contribution is -2.64. The van der Waals surface area contributed by atoms with E-state index in [9.17, 15) is 44.6 Å². The highest BCUT2D eigenvalue weighted by Gasteiger charge is 2.51. The van der Waals surface area contributed by atoms with Crippen molar-refractivity contribution in [1.29, 1.82) is 0 Å². The molecule has 0 heterocycles. The van der Waals surface area contributed by atoms with Gasteiger partial charge in [0.2, 0.25) is 0 Å². The van der Waals surface area contributed by atoms with Crippen LogP contribution in [0.25, 0.3) is 0 Å². The van der Waals surface area contributed by atoms with E-state index in [1.54, 1.807) is 0 Å². The van der Waals surface area contributed by atoms with E-state index in [0.717, 1.165) is 26.2 Å². The summed E-state index contributed by atoms with van der Waals surface area (Å²) in [5.41, 5.74) is 0. The minimum atomic E-state index is -5.05. The molecule has 0 radical (unpaired) electrons. The number of carbonyl (C=O) groups excluding carboxylic acids is 2. The van der Waals surface area contributed by atoms with E-state index >= 15 is 0 Å². The first-order valence-corrected chi connectivity index (χ1v) is 15.8. The minimum absolute atomic E-state index is 0.167. The molecule has 0 spiro atoms. The molecular formula is C26H49O13P. The highest BCUT2D eigenvalue weighted by atomic mass is 31.2. The monoisotopic (exact) mass is 600 g/mol. The molecule has 0 aromatic heterocycles. The highest BCUT2D eigenvalue weighted by Crippen LogP contribution is 2.47. The van der Waals surface area contributed by atoms with Crippen molar-refractivity contribution in [3.63, 3.8) is 0 Å². The molecule has 6 unspecified atom stereocenters. The van der Waals surface area contributed by atoms with E-state index in [1.807, 2.05) is 0 Å². The van der Waals surface area contributed by atoms with Gasteiger partial charge in [-0.1, -0.05) is 77.6 Å². The molecule has 1 saturated carbocycles. The van der Waals surface area contributed by atoms with Gasteiger partial charge in [-0.2, -0.15) is 0 Å². The third kappa shape index (κ3) is 14.7. The first-order valence-electron chi connectivity index (χ1n) is 14.3. The summed E-state index contributed by atoms with van der Waals surface area (Å²) in [7, 11) is -5.05. The van der Waals surface area contributed by atoms with Crippen molar-refractivity contribution in [2.45, 2.75) is 140 Å². The summed E-state index contributed by atoms with van der Waals surface area (Å²) in [6, 6.07) is 0. The molecule has 14 heteroatoms. The van der Waals surface area contributed by atoms with E-state index in [0.29, 0.717) is 6.42 Å². The lowest BCUT2D eigenvalue weighted by molar-refractivity contribution is -0.220. The molecule has 0 aliphatic heterocycles. The maximum absolute atomic E-state index is 12.4. The van der Waals surface area contributed by atoms with Crippen LogP contribution in [0.2, 0.25) is 0 Å². The summed E-state index contributed by atoms with van der Waals surface area (Å²) in [6.45, 7) is 2.10. The Bertz CT molecular complexity index is 751. The van der Waals surface area contributed by atoms with Crippen molar-refractivity contribution < 1.29 is 63.1 Å². The Morgan fingerprint density at radius 2 is 1.18 bits per heavy atom. The molecule has 8 atom stereocenters. The molecule has 0 aromatic rings. The number of phosphoric acid groups is 1. The normalized spacial score (nSPS) is 27.1. The topological polar surface area (TPSA) is 210 Å². The minimum Gasteiger partial charge on any atom is -0.462 e. The van der Waals surface area contributed by atoms with Gasteiger partial charge in [-0.15, -0.1) is 0 Å². The van der Waals surface area contributed by atoms with Crippen LogP contribution in [0.4, 0.5) is 0 Å². The van der Waals surface area contributed by atoms with E-state index in [2.05, 4.69) is 6.92 Å². The molecule has 236 valence electrons. The number of phosphoric ester groups is 1. The Balaban J connectivity index is 2.33. The molecule has 0 saturated heterocycles. The molecule has 0 bridgehead atoms. The van der Waals surface area contributed by atoms with Crippen LogP contribution in [0, 0.1) is 0 Å². The molecule has 0 amide bonds. The molecule has 13 nitrogen and oxygen atoms in total. The summed E-state index contributed by atoms with van der Waals surface area (Å²) in [5.74, 6) is -1.29. The van der Waals surface area contributed by atoms with Gasteiger partial charge in [-0.05, 0) is 6.42 Å². The van der Waals surface area contributed by atoms with Crippen LogP contribution in [-0.2, 0) is 32.7 Å². The maximum Gasteiger partial charge on any atom is 0.472 e. The average molecular weight is 601 g/mol. The summed E-state index contributed by atoms with van der Waals surface area (Å²) in [5, 5.41) is 49.0. The summed E-state index contributed by atoms with van der Waals surface area (Å²) >= 11 is 0. The van der Waals surface area contributed by atoms with Crippen molar-refractivity contribution in [3.8, 4) is 0 Å². The van der Waals surface area contributed by atoms with Gasteiger partial charge in [0.05, 0.1) is 6.61 Å². The van der Waals surface area contributed by atoms with Gasteiger partial charge < -0.3 is 39.9 Å². The van der Waals surface area contributed by atoms with Gasteiger partial charge in [0.15, 0.2) is 6.10 Å². The summed E-state index contributed by atoms with van der Waals surface area (Å²) in [4.78, 5) is 33.5. The summed E-state index contributed by atoms with van der Waals surface area (Å²) < 4.78 is 31.9. The number of hydrogen-bond acceptors (Lipinski definition) is 12. The van der Waals surface area contributed by atoms with Gasteiger partial charge in [-0.25, -0.2) is 4.57 Å². The highest BCUT2D eigenvalue weighted by molar-refractivity contribution is 7.47. The van der Waals surface area contributed by atoms with Crippen molar-refractivity contribution in [2.24, 2.45) is 0 Å². The molecule has 40 heavy (non-hydrogen) atoms. The van der Waals surface area contributed by atoms with Crippen LogP contribution in [0.15, 0.2) is 0 Å². The Morgan fingerprint density at radius 1 is 0.725 bits per heavy atom. The second-order valence-electron chi connectivity index (χ2n) is 10.3. The Labute approximate surface area is 236 Å². The average Bonchev–Trinajstić information content (AvgIpc) is 2.90. The first kappa shape index (κ1) is 36.9. The Kier molecular flexibility index (Phi) is 18.3. The third-order valence-electron chi connectivity index (χ3n) is 6.75. The molecule has 1 aliphatic carbocycles.